The fourth-order valence-corrected chi connectivity index (χ4v) is 6.44. The van der Waals surface area contributed by atoms with Gasteiger partial charge >= 0.3 is 0 Å². The lowest BCUT2D eigenvalue weighted by molar-refractivity contribution is -0.118. The predicted octanol–water partition coefficient (Wildman–Crippen LogP) is 3.38. The second-order valence-electron chi connectivity index (χ2n) is 9.00. The summed E-state index contributed by atoms with van der Waals surface area (Å²) in [5, 5.41) is 4.22. The van der Waals surface area contributed by atoms with Gasteiger partial charge in [-0.25, -0.2) is 0 Å². The van der Waals surface area contributed by atoms with Crippen molar-refractivity contribution in [3.63, 3.8) is 0 Å². The maximum atomic E-state index is 5.75. The molecular formula is C17H27N3O. The van der Waals surface area contributed by atoms with Gasteiger partial charge in [-0.1, -0.05) is 25.9 Å². The van der Waals surface area contributed by atoms with Crippen molar-refractivity contribution < 1.29 is 4.52 Å². The number of hydrogen-bond donors (Lipinski definition) is 1. The van der Waals surface area contributed by atoms with E-state index in [-0.39, 0.29) is 11.3 Å². The molecule has 0 spiro atoms. The molecule has 4 heteroatoms. The molecule has 2 N–H and O–H groups in total. The first-order valence-electron chi connectivity index (χ1n) is 8.40. The van der Waals surface area contributed by atoms with Crippen LogP contribution in [-0.2, 0) is 5.41 Å². The van der Waals surface area contributed by atoms with Crippen LogP contribution in [0.25, 0.3) is 0 Å². The Morgan fingerprint density at radius 3 is 2.43 bits per heavy atom. The smallest absolute Gasteiger partial charge is 0.232 e. The summed E-state index contributed by atoms with van der Waals surface area (Å²) in [5.74, 6) is 2.72. The van der Waals surface area contributed by atoms with E-state index >= 15 is 0 Å². The third kappa shape index (κ3) is 1.98. The fraction of sp³-hybridized carbons (Fsp3) is 0.882. The minimum atomic E-state index is 0.141. The van der Waals surface area contributed by atoms with Crippen LogP contribution in [0, 0.1) is 16.7 Å². The summed E-state index contributed by atoms with van der Waals surface area (Å²) in [6, 6.07) is 0. The van der Waals surface area contributed by atoms with Gasteiger partial charge in [-0.15, -0.1) is 0 Å². The lowest BCUT2D eigenvalue weighted by Gasteiger charge is -2.64. The Bertz CT molecular complexity index is 548. The van der Waals surface area contributed by atoms with Gasteiger partial charge in [-0.05, 0) is 55.3 Å². The topological polar surface area (TPSA) is 64.9 Å². The highest BCUT2D eigenvalue weighted by atomic mass is 16.5. The molecule has 4 aliphatic rings. The van der Waals surface area contributed by atoms with E-state index in [2.05, 4.69) is 25.9 Å². The molecule has 4 saturated carbocycles. The number of nitrogens with zero attached hydrogens (tertiary/aromatic N) is 2. The minimum absolute atomic E-state index is 0.141. The van der Waals surface area contributed by atoms with Gasteiger partial charge in [0.2, 0.25) is 5.89 Å². The first kappa shape index (κ1) is 13.7. The molecule has 1 aromatic heterocycles. The lowest BCUT2D eigenvalue weighted by atomic mass is 9.40. The van der Waals surface area contributed by atoms with E-state index < -0.39 is 0 Å². The number of aromatic nitrogens is 2. The molecule has 1 aromatic rings. The van der Waals surface area contributed by atoms with E-state index in [9.17, 15) is 0 Å². The number of nitrogens with two attached hydrogens (primary N) is 1. The van der Waals surface area contributed by atoms with Crippen LogP contribution in [-0.4, -0.2) is 16.7 Å². The Morgan fingerprint density at radius 1 is 1.19 bits per heavy atom. The van der Waals surface area contributed by atoms with Crippen LogP contribution in [0.2, 0.25) is 0 Å². The maximum absolute atomic E-state index is 5.75. The summed E-state index contributed by atoms with van der Waals surface area (Å²) in [4.78, 5) is 4.78. The molecule has 3 atom stereocenters. The molecule has 5 rings (SSSR count). The molecule has 0 aliphatic heterocycles. The standard InChI is InChI=1S/C17H27N3O/c1-11(7-18)13-19-14(21-20-13)17-6-12-4-15(2,9-17)8-16(3,5-12)10-17/h11-12H,4-10,18H2,1-3H3. The summed E-state index contributed by atoms with van der Waals surface area (Å²) < 4.78 is 5.75. The molecule has 0 radical (unpaired) electrons. The van der Waals surface area contributed by atoms with Gasteiger partial charge < -0.3 is 10.3 Å². The SMILES string of the molecule is CC(CN)c1noc(C23CC4CC(C)(CC(C)(C4)C2)C3)n1. The summed E-state index contributed by atoms with van der Waals surface area (Å²) in [6.07, 6.45) is 7.86. The molecule has 4 nitrogen and oxygen atoms in total. The van der Waals surface area contributed by atoms with Gasteiger partial charge in [0.25, 0.3) is 0 Å². The summed E-state index contributed by atoms with van der Waals surface area (Å²) in [6.45, 7) is 7.59. The van der Waals surface area contributed by atoms with Crippen molar-refractivity contribution in [2.75, 3.05) is 6.54 Å². The quantitative estimate of drug-likeness (QED) is 0.926. The largest absolute Gasteiger partial charge is 0.339 e. The molecule has 4 bridgehead atoms. The number of rotatable bonds is 3. The molecule has 3 unspecified atom stereocenters. The van der Waals surface area contributed by atoms with E-state index in [1.54, 1.807) is 0 Å². The van der Waals surface area contributed by atoms with Crippen LogP contribution >= 0.6 is 0 Å². The zero-order chi connectivity index (χ0) is 14.9. The zero-order valence-electron chi connectivity index (χ0n) is 13.5. The Labute approximate surface area is 126 Å². The van der Waals surface area contributed by atoms with Crippen molar-refractivity contribution in [2.45, 2.75) is 70.6 Å². The molecule has 4 aliphatic carbocycles. The maximum Gasteiger partial charge on any atom is 0.232 e. The van der Waals surface area contributed by atoms with Crippen LogP contribution in [0.5, 0.6) is 0 Å². The fourth-order valence-electron chi connectivity index (χ4n) is 6.44. The van der Waals surface area contributed by atoms with E-state index in [1.807, 2.05) is 0 Å². The second kappa shape index (κ2) is 4.09. The van der Waals surface area contributed by atoms with Crippen molar-refractivity contribution >= 4 is 0 Å². The Kier molecular flexibility index (Phi) is 2.68. The van der Waals surface area contributed by atoms with Crippen molar-refractivity contribution in [1.29, 1.82) is 0 Å². The second-order valence-corrected chi connectivity index (χ2v) is 9.00. The van der Waals surface area contributed by atoms with Crippen molar-refractivity contribution in [3.8, 4) is 0 Å². The average Bonchev–Trinajstić information content (AvgIpc) is 2.83. The van der Waals surface area contributed by atoms with E-state index in [0.29, 0.717) is 17.4 Å². The van der Waals surface area contributed by atoms with Crippen LogP contribution in [0.3, 0.4) is 0 Å². The third-order valence-electron chi connectivity index (χ3n) is 6.32. The van der Waals surface area contributed by atoms with Crippen LogP contribution in [0.4, 0.5) is 0 Å². The van der Waals surface area contributed by atoms with Crippen molar-refractivity contribution in [1.82, 2.24) is 10.1 Å². The van der Waals surface area contributed by atoms with Gasteiger partial charge in [0.1, 0.15) is 0 Å². The van der Waals surface area contributed by atoms with E-state index in [0.717, 1.165) is 17.6 Å². The van der Waals surface area contributed by atoms with Gasteiger partial charge in [0, 0.05) is 12.5 Å². The lowest BCUT2D eigenvalue weighted by Crippen LogP contribution is -2.57. The summed E-state index contributed by atoms with van der Waals surface area (Å²) >= 11 is 0. The van der Waals surface area contributed by atoms with Gasteiger partial charge in [0.05, 0.1) is 5.41 Å². The summed E-state index contributed by atoms with van der Waals surface area (Å²) in [7, 11) is 0. The number of hydrogen-bond acceptors (Lipinski definition) is 4. The Balaban J connectivity index is 1.72. The first-order valence-corrected chi connectivity index (χ1v) is 8.40. The normalized spacial score (nSPS) is 46.0. The van der Waals surface area contributed by atoms with Crippen LogP contribution < -0.4 is 5.73 Å². The van der Waals surface area contributed by atoms with E-state index in [1.165, 1.54) is 38.5 Å². The molecule has 1 heterocycles. The minimum Gasteiger partial charge on any atom is -0.339 e. The zero-order valence-corrected chi connectivity index (χ0v) is 13.5. The molecule has 116 valence electrons. The molecular weight excluding hydrogens is 262 g/mol. The molecule has 4 fully saturated rings. The highest BCUT2D eigenvalue weighted by Gasteiger charge is 2.62. The van der Waals surface area contributed by atoms with Crippen LogP contribution in [0.15, 0.2) is 4.52 Å². The monoisotopic (exact) mass is 289 g/mol. The molecule has 0 aromatic carbocycles. The van der Waals surface area contributed by atoms with Gasteiger partial charge in [-0.3, -0.25) is 0 Å². The first-order chi connectivity index (χ1) is 9.85. The van der Waals surface area contributed by atoms with Gasteiger partial charge in [-0.2, -0.15) is 4.98 Å². The Morgan fingerprint density at radius 2 is 1.86 bits per heavy atom. The average molecular weight is 289 g/mol. The van der Waals surface area contributed by atoms with E-state index in [4.69, 9.17) is 15.2 Å². The molecule has 21 heavy (non-hydrogen) atoms. The van der Waals surface area contributed by atoms with Crippen molar-refractivity contribution in [3.05, 3.63) is 11.7 Å². The Hall–Kier alpha value is -0.900. The third-order valence-corrected chi connectivity index (χ3v) is 6.32. The highest BCUT2D eigenvalue weighted by molar-refractivity contribution is 5.20. The highest BCUT2D eigenvalue weighted by Crippen LogP contribution is 2.69. The summed E-state index contributed by atoms with van der Waals surface area (Å²) in [5.41, 5.74) is 6.83. The van der Waals surface area contributed by atoms with Gasteiger partial charge in [0.15, 0.2) is 5.82 Å². The molecule has 0 saturated heterocycles. The van der Waals surface area contributed by atoms with Crippen molar-refractivity contribution in [2.24, 2.45) is 22.5 Å². The van der Waals surface area contributed by atoms with Crippen LogP contribution in [0.1, 0.15) is 76.9 Å². The molecule has 0 amide bonds. The predicted molar refractivity (Wildman–Crippen MR) is 80.9 cm³/mol.